The predicted octanol–water partition coefficient (Wildman–Crippen LogP) is 10.2. The monoisotopic (exact) mass is 562 g/mol. The first-order valence-electron chi connectivity index (χ1n) is 15.4. The van der Waals surface area contributed by atoms with Crippen LogP contribution in [0.25, 0.3) is 0 Å². The Balaban J connectivity index is 2.24. The lowest BCUT2D eigenvalue weighted by Crippen LogP contribution is -2.24. The van der Waals surface area contributed by atoms with Crippen LogP contribution >= 0.6 is 0 Å². The van der Waals surface area contributed by atoms with Crippen LogP contribution in [-0.2, 0) is 19.1 Å². The zero-order chi connectivity index (χ0) is 30.3. The summed E-state index contributed by atoms with van der Waals surface area (Å²) in [6, 6.07) is 0. The SMILES string of the molecule is CCCC=CCCC=CCCC=CCCC=CCCC(C)=CCCC(C)=CCC1=C(C)C(=O)C(OC)=C(OC)C1=O. The molecule has 0 amide bonds. The standard InChI is InChI=1S/C37H54O4/c1-7-8-9-10-11-12-13-14-15-16-17-18-19-20-21-22-23-25-30(2)26-24-27-31(3)28-29-33-32(4)34(38)36(40-5)37(41-6)35(33)39/h9-10,13-14,17-18,21-22,26,28H,7-8,11-12,15-16,19-20,23-25,27,29H2,1-6H3. The van der Waals surface area contributed by atoms with E-state index in [2.05, 4.69) is 75.5 Å². The molecular weight excluding hydrogens is 508 g/mol. The third-order valence-corrected chi connectivity index (χ3v) is 7.11. The molecule has 0 aromatic rings. The van der Waals surface area contributed by atoms with E-state index in [1.807, 2.05) is 6.08 Å². The molecule has 4 nitrogen and oxygen atoms in total. The average Bonchev–Trinajstić information content (AvgIpc) is 2.96. The van der Waals surface area contributed by atoms with Crippen molar-refractivity contribution in [1.82, 2.24) is 0 Å². The number of allylic oxidation sites excluding steroid dienone is 14. The normalized spacial score (nSPS) is 15.7. The fourth-order valence-corrected chi connectivity index (χ4v) is 4.46. The molecule has 1 rings (SSSR count). The molecular formula is C37H54O4. The van der Waals surface area contributed by atoms with Crippen LogP contribution in [0.3, 0.4) is 0 Å². The van der Waals surface area contributed by atoms with Gasteiger partial charge in [0.05, 0.1) is 14.2 Å². The summed E-state index contributed by atoms with van der Waals surface area (Å²) in [5.41, 5.74) is 3.52. The Morgan fingerprint density at radius 2 is 1.00 bits per heavy atom. The van der Waals surface area contributed by atoms with Crippen LogP contribution in [-0.4, -0.2) is 25.8 Å². The Bertz CT molecular complexity index is 1060. The van der Waals surface area contributed by atoms with Crippen molar-refractivity contribution in [3.8, 4) is 0 Å². The summed E-state index contributed by atoms with van der Waals surface area (Å²) in [7, 11) is 2.77. The van der Waals surface area contributed by atoms with Crippen molar-refractivity contribution >= 4 is 11.6 Å². The summed E-state index contributed by atoms with van der Waals surface area (Å²) in [5, 5.41) is 0. The van der Waals surface area contributed by atoms with Crippen molar-refractivity contribution < 1.29 is 19.1 Å². The van der Waals surface area contributed by atoms with E-state index in [1.54, 1.807) is 6.92 Å². The molecule has 0 bridgehead atoms. The zero-order valence-electron chi connectivity index (χ0n) is 26.6. The van der Waals surface area contributed by atoms with E-state index < -0.39 is 0 Å². The maximum absolute atomic E-state index is 12.8. The molecule has 1 aliphatic rings. The molecule has 4 heteroatoms. The molecule has 1 aliphatic carbocycles. The number of Topliss-reactive ketones (excluding diaryl/α,β-unsaturated/α-hetero) is 2. The number of methoxy groups -OCH3 is 2. The van der Waals surface area contributed by atoms with Gasteiger partial charge in [0.2, 0.25) is 23.1 Å². The zero-order valence-corrected chi connectivity index (χ0v) is 26.6. The lowest BCUT2D eigenvalue weighted by molar-refractivity contribution is -0.121. The van der Waals surface area contributed by atoms with Crippen LogP contribution in [0.4, 0.5) is 0 Å². The van der Waals surface area contributed by atoms with E-state index >= 15 is 0 Å². The van der Waals surface area contributed by atoms with E-state index in [9.17, 15) is 9.59 Å². The van der Waals surface area contributed by atoms with Crippen molar-refractivity contribution in [3.63, 3.8) is 0 Å². The molecule has 0 radical (unpaired) electrons. The summed E-state index contributed by atoms with van der Waals surface area (Å²) in [4.78, 5) is 25.3. The largest absolute Gasteiger partial charge is 0.489 e. The Morgan fingerprint density at radius 3 is 1.49 bits per heavy atom. The first kappa shape index (κ1) is 35.9. The van der Waals surface area contributed by atoms with Crippen molar-refractivity contribution in [2.24, 2.45) is 0 Å². The number of ketones is 2. The van der Waals surface area contributed by atoms with Gasteiger partial charge in [0, 0.05) is 11.1 Å². The highest BCUT2D eigenvalue weighted by molar-refractivity contribution is 6.23. The van der Waals surface area contributed by atoms with Gasteiger partial charge in [0.15, 0.2) is 0 Å². The second-order valence-corrected chi connectivity index (χ2v) is 10.6. The molecule has 0 saturated carbocycles. The molecule has 0 heterocycles. The van der Waals surface area contributed by atoms with Crippen LogP contribution in [0.1, 0.15) is 111 Å². The van der Waals surface area contributed by atoms with Gasteiger partial charge in [-0.1, -0.05) is 85.3 Å². The van der Waals surface area contributed by atoms with Crippen molar-refractivity contribution in [3.05, 3.63) is 94.6 Å². The summed E-state index contributed by atoms with van der Waals surface area (Å²) >= 11 is 0. The molecule has 226 valence electrons. The van der Waals surface area contributed by atoms with Crippen molar-refractivity contribution in [1.29, 1.82) is 0 Å². The predicted molar refractivity (Wildman–Crippen MR) is 174 cm³/mol. The maximum atomic E-state index is 12.8. The Hall–Kier alpha value is -3.14. The van der Waals surface area contributed by atoms with E-state index in [1.165, 1.54) is 38.2 Å². The number of ether oxygens (including phenoxy) is 2. The fourth-order valence-electron chi connectivity index (χ4n) is 4.46. The number of hydrogen-bond acceptors (Lipinski definition) is 4. The first-order chi connectivity index (χ1) is 19.9. The van der Waals surface area contributed by atoms with Gasteiger partial charge >= 0.3 is 0 Å². The Labute approximate surface area is 250 Å². The Morgan fingerprint density at radius 1 is 0.585 bits per heavy atom. The highest BCUT2D eigenvalue weighted by atomic mass is 16.5. The number of carbonyl (C=O) groups is 2. The number of carbonyl (C=O) groups excluding carboxylic acids is 2. The highest BCUT2D eigenvalue weighted by Crippen LogP contribution is 2.28. The van der Waals surface area contributed by atoms with Gasteiger partial charge in [0.25, 0.3) is 0 Å². The van der Waals surface area contributed by atoms with Gasteiger partial charge in [-0.25, -0.2) is 0 Å². The molecule has 41 heavy (non-hydrogen) atoms. The second kappa shape index (κ2) is 22.5. The summed E-state index contributed by atoms with van der Waals surface area (Å²) in [5.74, 6) is -0.569. The summed E-state index contributed by atoms with van der Waals surface area (Å²) < 4.78 is 10.3. The van der Waals surface area contributed by atoms with Gasteiger partial charge in [-0.05, 0) is 97.8 Å². The highest BCUT2D eigenvalue weighted by Gasteiger charge is 2.34. The topological polar surface area (TPSA) is 52.6 Å². The molecule has 0 N–H and O–H groups in total. The van der Waals surface area contributed by atoms with Crippen LogP contribution in [0.2, 0.25) is 0 Å². The van der Waals surface area contributed by atoms with E-state index in [4.69, 9.17) is 9.47 Å². The van der Waals surface area contributed by atoms with Crippen molar-refractivity contribution in [2.75, 3.05) is 14.2 Å². The van der Waals surface area contributed by atoms with Gasteiger partial charge < -0.3 is 9.47 Å². The van der Waals surface area contributed by atoms with Gasteiger partial charge in [-0.3, -0.25) is 9.59 Å². The second-order valence-electron chi connectivity index (χ2n) is 10.6. The van der Waals surface area contributed by atoms with Crippen LogP contribution in [0, 0.1) is 0 Å². The molecule has 0 spiro atoms. The fraction of sp³-hybridized carbons (Fsp3) is 0.514. The van der Waals surface area contributed by atoms with Crippen LogP contribution < -0.4 is 0 Å². The maximum Gasteiger partial charge on any atom is 0.228 e. The van der Waals surface area contributed by atoms with Gasteiger partial charge in [-0.2, -0.15) is 0 Å². The minimum atomic E-state index is -0.283. The van der Waals surface area contributed by atoms with E-state index in [0.717, 1.165) is 64.2 Å². The quantitative estimate of drug-likeness (QED) is 0.0793. The molecule has 0 aromatic carbocycles. The molecule has 0 fully saturated rings. The lowest BCUT2D eigenvalue weighted by atomic mass is 9.90. The molecule has 0 saturated heterocycles. The summed E-state index contributed by atoms with van der Waals surface area (Å²) in [6.45, 7) is 8.16. The minimum absolute atomic E-state index is 0.00596. The van der Waals surface area contributed by atoms with Crippen molar-refractivity contribution in [2.45, 2.75) is 111 Å². The minimum Gasteiger partial charge on any atom is -0.489 e. The van der Waals surface area contributed by atoms with Crippen LogP contribution in [0.5, 0.6) is 0 Å². The smallest absolute Gasteiger partial charge is 0.228 e. The third kappa shape index (κ3) is 14.9. The molecule has 0 aliphatic heterocycles. The number of hydrogen-bond donors (Lipinski definition) is 0. The molecule has 0 atom stereocenters. The van der Waals surface area contributed by atoms with Gasteiger partial charge in [0.1, 0.15) is 0 Å². The summed E-state index contributed by atoms with van der Waals surface area (Å²) in [6.07, 6.45) is 36.4. The average molecular weight is 563 g/mol. The van der Waals surface area contributed by atoms with E-state index in [-0.39, 0.29) is 23.1 Å². The van der Waals surface area contributed by atoms with Crippen LogP contribution in [0.15, 0.2) is 94.6 Å². The molecule has 0 aromatic heterocycles. The number of unbranched alkanes of at least 4 members (excludes halogenated alkanes) is 4. The number of rotatable bonds is 21. The lowest BCUT2D eigenvalue weighted by Gasteiger charge is -2.19. The van der Waals surface area contributed by atoms with Gasteiger partial charge in [-0.15, -0.1) is 0 Å². The molecule has 0 unspecified atom stereocenters. The Kier molecular flexibility index (Phi) is 19.7. The van der Waals surface area contributed by atoms with E-state index in [0.29, 0.717) is 17.6 Å². The third-order valence-electron chi connectivity index (χ3n) is 7.11. The first-order valence-corrected chi connectivity index (χ1v) is 15.4.